The number of nitrogens with zero attached hydrogens (tertiary/aromatic N) is 2. The van der Waals surface area contributed by atoms with Crippen molar-refractivity contribution in [1.82, 2.24) is 9.13 Å². The molecule has 2 aliphatic rings. The van der Waals surface area contributed by atoms with Gasteiger partial charge in [-0.05, 0) is 104 Å². The Hall–Kier alpha value is -8.20. The third-order valence-corrected chi connectivity index (χ3v) is 15.2. The van der Waals surface area contributed by atoms with Gasteiger partial charge in [0.1, 0.15) is 0 Å². The van der Waals surface area contributed by atoms with Gasteiger partial charge < -0.3 is 9.13 Å². The molecule has 2 heteroatoms. The van der Waals surface area contributed by atoms with Crippen LogP contribution in [0.15, 0.2) is 231 Å². The summed E-state index contributed by atoms with van der Waals surface area (Å²) in [5, 5.41) is 4.94. The Balaban J connectivity index is 1.10. The van der Waals surface area contributed by atoms with Gasteiger partial charge in [0.15, 0.2) is 0 Å². The second-order valence-corrected chi connectivity index (χ2v) is 18.8. The summed E-state index contributed by atoms with van der Waals surface area (Å²) in [4.78, 5) is 0. The van der Waals surface area contributed by atoms with E-state index in [9.17, 15) is 0 Å². The topological polar surface area (TPSA) is 9.86 Å². The lowest BCUT2D eigenvalue weighted by atomic mass is 9.55. The van der Waals surface area contributed by atoms with E-state index >= 15 is 0 Å². The molecule has 66 heavy (non-hydrogen) atoms. The molecule has 2 nitrogen and oxygen atoms in total. The monoisotopic (exact) mass is 840 g/mol. The molecule has 0 aliphatic heterocycles. The van der Waals surface area contributed by atoms with E-state index in [4.69, 9.17) is 0 Å². The van der Waals surface area contributed by atoms with Crippen LogP contribution in [0.5, 0.6) is 0 Å². The Morgan fingerprint density at radius 1 is 0.303 bits per heavy atom. The molecule has 0 amide bonds. The van der Waals surface area contributed by atoms with Gasteiger partial charge in [-0.15, -0.1) is 0 Å². The minimum absolute atomic E-state index is 0.165. The molecule has 2 aromatic heterocycles. The van der Waals surface area contributed by atoms with Crippen molar-refractivity contribution in [2.45, 2.75) is 24.7 Å². The predicted molar refractivity (Wildman–Crippen MR) is 275 cm³/mol. The maximum absolute atomic E-state index is 2.59. The molecule has 0 fully saturated rings. The fourth-order valence-electron chi connectivity index (χ4n) is 12.4. The third kappa shape index (κ3) is 4.85. The second kappa shape index (κ2) is 13.7. The number of hydrogen-bond donors (Lipinski definition) is 0. The minimum Gasteiger partial charge on any atom is -0.307 e. The van der Waals surface area contributed by atoms with Crippen LogP contribution in [0.3, 0.4) is 0 Å². The van der Waals surface area contributed by atoms with Gasteiger partial charge in [0.05, 0.1) is 38.9 Å². The van der Waals surface area contributed by atoms with E-state index in [-0.39, 0.29) is 5.41 Å². The van der Waals surface area contributed by atoms with Crippen molar-refractivity contribution >= 4 is 43.6 Å². The SMILES string of the molecule is CC1(C)c2ccccc2C2(c3ccccc3-c3c(-n4c5ccccc5c5cccc(-n6c7ccc(-c8ccccc8)cc7c7cc(-c8ccccc8)ccc76)c54)cccc32)c2ccccc21. The van der Waals surface area contributed by atoms with E-state index in [1.807, 2.05) is 0 Å². The van der Waals surface area contributed by atoms with Crippen molar-refractivity contribution in [1.29, 1.82) is 0 Å². The maximum Gasteiger partial charge on any atom is 0.0782 e. The molecule has 2 aliphatic carbocycles. The van der Waals surface area contributed by atoms with E-state index < -0.39 is 5.41 Å². The van der Waals surface area contributed by atoms with Crippen LogP contribution in [0.25, 0.3) is 88.4 Å². The first-order valence-corrected chi connectivity index (χ1v) is 23.2. The molecule has 0 unspecified atom stereocenters. The van der Waals surface area contributed by atoms with Gasteiger partial charge in [0.25, 0.3) is 0 Å². The molecule has 0 atom stereocenters. The van der Waals surface area contributed by atoms with E-state index in [2.05, 4.69) is 254 Å². The van der Waals surface area contributed by atoms with Crippen LogP contribution < -0.4 is 0 Å². The van der Waals surface area contributed by atoms with Gasteiger partial charge in [-0.25, -0.2) is 0 Å². The summed E-state index contributed by atoms with van der Waals surface area (Å²) >= 11 is 0. The summed E-state index contributed by atoms with van der Waals surface area (Å²) in [5.74, 6) is 0. The largest absolute Gasteiger partial charge is 0.307 e. The van der Waals surface area contributed by atoms with Crippen LogP contribution >= 0.6 is 0 Å². The summed E-state index contributed by atoms with van der Waals surface area (Å²) in [6, 6.07) is 86.3. The van der Waals surface area contributed by atoms with Crippen LogP contribution in [0.2, 0.25) is 0 Å². The Labute approximate surface area is 384 Å². The minimum atomic E-state index is -0.494. The third-order valence-electron chi connectivity index (χ3n) is 15.2. The van der Waals surface area contributed by atoms with Crippen LogP contribution in [0.4, 0.5) is 0 Å². The molecule has 10 aromatic carbocycles. The maximum atomic E-state index is 2.59. The van der Waals surface area contributed by atoms with E-state index in [1.54, 1.807) is 0 Å². The highest BCUT2D eigenvalue weighted by molar-refractivity contribution is 6.16. The molecular formula is C64H44N2. The zero-order valence-corrected chi connectivity index (χ0v) is 36.8. The van der Waals surface area contributed by atoms with Gasteiger partial charge in [0, 0.05) is 32.5 Å². The number of benzene rings is 10. The quantitative estimate of drug-likeness (QED) is 0.167. The zero-order valence-electron chi connectivity index (χ0n) is 36.8. The highest BCUT2D eigenvalue weighted by Crippen LogP contribution is 2.63. The Kier molecular flexibility index (Phi) is 7.70. The lowest BCUT2D eigenvalue weighted by molar-refractivity contribution is 0.563. The number of para-hydroxylation sites is 2. The predicted octanol–water partition coefficient (Wildman–Crippen LogP) is 16.2. The fourth-order valence-corrected chi connectivity index (χ4v) is 12.4. The molecular weight excluding hydrogens is 797 g/mol. The van der Waals surface area contributed by atoms with Crippen LogP contribution in [0.1, 0.15) is 47.2 Å². The zero-order chi connectivity index (χ0) is 43.7. The van der Waals surface area contributed by atoms with Gasteiger partial charge in [-0.2, -0.15) is 0 Å². The lowest BCUT2D eigenvalue weighted by Crippen LogP contribution is -2.40. The number of rotatable bonds is 4. The van der Waals surface area contributed by atoms with Crippen molar-refractivity contribution in [2.24, 2.45) is 0 Å². The average molecular weight is 841 g/mol. The number of hydrogen-bond acceptors (Lipinski definition) is 0. The molecule has 12 aromatic rings. The van der Waals surface area contributed by atoms with E-state index in [0.717, 1.165) is 5.69 Å². The van der Waals surface area contributed by atoms with Gasteiger partial charge >= 0.3 is 0 Å². The molecule has 0 saturated heterocycles. The first-order chi connectivity index (χ1) is 32.5. The van der Waals surface area contributed by atoms with Crippen molar-refractivity contribution in [3.05, 3.63) is 264 Å². The molecule has 1 spiro atoms. The molecule has 0 bridgehead atoms. The normalized spacial score (nSPS) is 14.2. The molecule has 0 N–H and O–H groups in total. The Morgan fingerprint density at radius 3 is 1.41 bits per heavy atom. The second-order valence-electron chi connectivity index (χ2n) is 18.8. The van der Waals surface area contributed by atoms with Gasteiger partial charge in [-0.3, -0.25) is 0 Å². The van der Waals surface area contributed by atoms with E-state index in [0.29, 0.717) is 0 Å². The average Bonchev–Trinajstić information content (AvgIpc) is 4.00. The first-order valence-electron chi connectivity index (χ1n) is 23.2. The highest BCUT2D eigenvalue weighted by atomic mass is 15.1. The highest BCUT2D eigenvalue weighted by Gasteiger charge is 2.53. The van der Waals surface area contributed by atoms with Gasteiger partial charge in [-0.1, -0.05) is 202 Å². The summed E-state index contributed by atoms with van der Waals surface area (Å²) < 4.78 is 5.12. The summed E-state index contributed by atoms with van der Waals surface area (Å²) in [6.45, 7) is 4.80. The first kappa shape index (κ1) is 37.2. The number of fused-ring (bicyclic) bond motifs is 15. The van der Waals surface area contributed by atoms with Crippen molar-refractivity contribution < 1.29 is 0 Å². The van der Waals surface area contributed by atoms with Crippen molar-refractivity contribution in [3.8, 4) is 44.8 Å². The summed E-state index contributed by atoms with van der Waals surface area (Å²) in [6.07, 6.45) is 0. The summed E-state index contributed by atoms with van der Waals surface area (Å²) in [7, 11) is 0. The number of aromatic nitrogens is 2. The lowest BCUT2D eigenvalue weighted by Gasteiger charge is -2.46. The molecule has 2 heterocycles. The standard InChI is InChI=1S/C64H44N2/c1-63(2)51-27-12-14-29-53(51)64(54-30-15-13-28-52(54)63)50-26-11-9-24-47(50)61-55(64)31-18-33-59(61)66-56-32-16-10-23-45(56)46-25-17-34-60(62(46)66)65-57-37-35-43(41-19-5-3-6-20-41)39-48(57)49-40-44(36-38-58(49)65)42-21-7-4-8-22-42/h3-40H,1-2H3. The van der Waals surface area contributed by atoms with E-state index in [1.165, 1.54) is 116 Å². The van der Waals surface area contributed by atoms with Crippen molar-refractivity contribution in [2.75, 3.05) is 0 Å². The van der Waals surface area contributed by atoms with Gasteiger partial charge in [0.2, 0.25) is 0 Å². The molecule has 0 saturated carbocycles. The summed E-state index contributed by atoms with van der Waals surface area (Å²) in [5.41, 5.74) is 22.0. The Morgan fingerprint density at radius 2 is 0.773 bits per heavy atom. The van der Waals surface area contributed by atoms with Crippen LogP contribution in [-0.4, -0.2) is 9.13 Å². The van der Waals surface area contributed by atoms with Crippen LogP contribution in [0, 0.1) is 0 Å². The smallest absolute Gasteiger partial charge is 0.0782 e. The van der Waals surface area contributed by atoms with Crippen LogP contribution in [-0.2, 0) is 10.8 Å². The Bertz CT molecular complexity index is 3810. The molecule has 14 rings (SSSR count). The molecule has 0 radical (unpaired) electrons. The van der Waals surface area contributed by atoms with Crippen molar-refractivity contribution in [3.63, 3.8) is 0 Å². The fraction of sp³-hybridized carbons (Fsp3) is 0.0625. The molecule has 310 valence electrons.